The van der Waals surface area contributed by atoms with Crippen LogP contribution in [0.2, 0.25) is 5.02 Å². The van der Waals surface area contributed by atoms with Crippen LogP contribution in [-0.2, 0) is 0 Å². The van der Waals surface area contributed by atoms with E-state index in [1.807, 2.05) is 6.07 Å². The minimum atomic E-state index is -0.350. The fraction of sp³-hybridized carbons (Fsp3) is 0. The highest BCUT2D eigenvalue weighted by Gasteiger charge is 2.15. The number of nitrogens with one attached hydrogen (secondary N) is 2. The summed E-state index contributed by atoms with van der Waals surface area (Å²) < 4.78 is 0. The molecule has 3 rings (SSSR count). The zero-order valence-electron chi connectivity index (χ0n) is 13.2. The number of carbonyl (C=O) groups is 2. The van der Waals surface area contributed by atoms with E-state index in [9.17, 15) is 9.59 Å². The summed E-state index contributed by atoms with van der Waals surface area (Å²) in [6.45, 7) is 0. The van der Waals surface area contributed by atoms with Gasteiger partial charge in [0.1, 0.15) is 0 Å². The molecule has 0 saturated carbocycles. The number of hydrogen-bond acceptors (Lipinski definition) is 2. The van der Waals surface area contributed by atoms with Crippen molar-refractivity contribution in [3.8, 4) is 0 Å². The van der Waals surface area contributed by atoms with Crippen molar-refractivity contribution in [2.75, 3.05) is 10.6 Å². The Morgan fingerprint density at radius 3 is 1.92 bits per heavy atom. The van der Waals surface area contributed by atoms with Gasteiger partial charge in [-0.05, 0) is 36.4 Å². The molecule has 5 heteroatoms. The minimum absolute atomic E-state index is 0.279. The van der Waals surface area contributed by atoms with Gasteiger partial charge in [-0.1, -0.05) is 54.1 Å². The average molecular weight is 351 g/mol. The Balaban J connectivity index is 1.82. The molecule has 25 heavy (non-hydrogen) atoms. The van der Waals surface area contributed by atoms with Crippen LogP contribution < -0.4 is 10.6 Å². The molecule has 124 valence electrons. The fourth-order valence-electron chi connectivity index (χ4n) is 2.33. The molecule has 0 bridgehead atoms. The maximum Gasteiger partial charge on any atom is 0.257 e. The van der Waals surface area contributed by atoms with E-state index in [0.29, 0.717) is 27.5 Å². The predicted molar refractivity (Wildman–Crippen MR) is 100 cm³/mol. The molecule has 4 nitrogen and oxygen atoms in total. The summed E-state index contributed by atoms with van der Waals surface area (Å²) in [6, 6.07) is 22.6. The Hall–Kier alpha value is -3.11. The first kappa shape index (κ1) is 16.7. The third-order valence-corrected chi connectivity index (χ3v) is 3.91. The van der Waals surface area contributed by atoms with Crippen LogP contribution in [0.25, 0.3) is 0 Å². The second-order valence-corrected chi connectivity index (χ2v) is 5.71. The summed E-state index contributed by atoms with van der Waals surface area (Å²) in [5.74, 6) is -0.629. The van der Waals surface area contributed by atoms with Crippen molar-refractivity contribution in [2.45, 2.75) is 0 Å². The number of benzene rings is 3. The maximum atomic E-state index is 12.6. The molecule has 0 atom stereocenters. The Bertz CT molecular complexity index is 910. The molecule has 3 aromatic rings. The van der Waals surface area contributed by atoms with Crippen molar-refractivity contribution in [1.29, 1.82) is 0 Å². The van der Waals surface area contributed by atoms with Gasteiger partial charge in [-0.2, -0.15) is 0 Å². The molecular formula is C20H15ClN2O2. The molecule has 0 aliphatic carbocycles. The third kappa shape index (κ3) is 4.05. The number of hydrogen-bond donors (Lipinski definition) is 2. The second kappa shape index (κ2) is 7.64. The lowest BCUT2D eigenvalue weighted by molar-refractivity contribution is 0.102. The summed E-state index contributed by atoms with van der Waals surface area (Å²) in [7, 11) is 0. The third-order valence-electron chi connectivity index (χ3n) is 3.58. The summed E-state index contributed by atoms with van der Waals surface area (Å²) >= 11 is 6.08. The molecule has 0 saturated heterocycles. The van der Waals surface area contributed by atoms with Crippen LogP contribution in [0.5, 0.6) is 0 Å². The second-order valence-electron chi connectivity index (χ2n) is 5.30. The van der Waals surface area contributed by atoms with Gasteiger partial charge < -0.3 is 10.6 Å². The zero-order valence-corrected chi connectivity index (χ0v) is 14.0. The van der Waals surface area contributed by atoms with Crippen LogP contribution in [0, 0.1) is 0 Å². The summed E-state index contributed by atoms with van der Waals surface area (Å²) in [4.78, 5) is 24.9. The fourth-order valence-corrected chi connectivity index (χ4v) is 2.51. The van der Waals surface area contributed by atoms with Crippen LogP contribution in [0.4, 0.5) is 11.4 Å². The summed E-state index contributed by atoms with van der Waals surface area (Å²) in [5.41, 5.74) is 1.81. The monoisotopic (exact) mass is 350 g/mol. The Morgan fingerprint density at radius 1 is 0.640 bits per heavy atom. The molecule has 0 radical (unpaired) electrons. The normalized spacial score (nSPS) is 10.1. The van der Waals surface area contributed by atoms with Crippen LogP contribution in [0.3, 0.4) is 0 Å². The molecule has 0 aliphatic rings. The minimum Gasteiger partial charge on any atom is -0.321 e. The molecule has 0 aromatic heterocycles. The van der Waals surface area contributed by atoms with E-state index >= 15 is 0 Å². The average Bonchev–Trinajstić information content (AvgIpc) is 2.64. The molecule has 0 aliphatic heterocycles. The standard InChI is InChI=1S/C20H15ClN2O2/c21-16-11-5-7-13-18(16)23-20(25)15-10-4-6-12-17(15)22-19(24)14-8-2-1-3-9-14/h1-13H,(H,22,24)(H,23,25). The van der Waals surface area contributed by atoms with Gasteiger partial charge in [-0.25, -0.2) is 0 Å². The van der Waals surface area contributed by atoms with Gasteiger partial charge in [0.25, 0.3) is 11.8 Å². The van der Waals surface area contributed by atoms with Gasteiger partial charge in [0, 0.05) is 5.56 Å². The van der Waals surface area contributed by atoms with Gasteiger partial charge >= 0.3 is 0 Å². The Morgan fingerprint density at radius 2 is 1.20 bits per heavy atom. The number of anilines is 2. The molecule has 2 amide bonds. The van der Waals surface area contributed by atoms with Crippen LogP contribution in [0.1, 0.15) is 20.7 Å². The highest BCUT2D eigenvalue weighted by atomic mass is 35.5. The van der Waals surface area contributed by atoms with Crippen molar-refractivity contribution < 1.29 is 9.59 Å². The molecule has 3 aromatic carbocycles. The predicted octanol–water partition coefficient (Wildman–Crippen LogP) is 4.84. The lowest BCUT2D eigenvalue weighted by atomic mass is 10.1. The summed E-state index contributed by atoms with van der Waals surface area (Å²) in [5, 5.41) is 5.98. The lowest BCUT2D eigenvalue weighted by Gasteiger charge is -2.12. The first-order valence-electron chi connectivity index (χ1n) is 7.66. The zero-order chi connectivity index (χ0) is 17.6. The Kier molecular flexibility index (Phi) is 5.11. The molecule has 0 spiro atoms. The molecule has 0 heterocycles. The van der Waals surface area contributed by atoms with E-state index in [2.05, 4.69) is 10.6 Å². The topological polar surface area (TPSA) is 58.2 Å². The van der Waals surface area contributed by atoms with E-state index < -0.39 is 0 Å². The van der Waals surface area contributed by atoms with E-state index in [1.165, 1.54) is 0 Å². The number of halogens is 1. The van der Waals surface area contributed by atoms with E-state index in [1.54, 1.807) is 72.8 Å². The molecule has 0 fully saturated rings. The van der Waals surface area contributed by atoms with Gasteiger partial charge in [-0.3, -0.25) is 9.59 Å². The van der Waals surface area contributed by atoms with E-state index in [-0.39, 0.29) is 11.8 Å². The lowest BCUT2D eigenvalue weighted by Crippen LogP contribution is -2.18. The number of rotatable bonds is 4. The van der Waals surface area contributed by atoms with Crippen LogP contribution in [-0.4, -0.2) is 11.8 Å². The highest BCUT2D eigenvalue weighted by molar-refractivity contribution is 6.34. The van der Waals surface area contributed by atoms with Crippen molar-refractivity contribution in [1.82, 2.24) is 0 Å². The Labute approximate surface area is 150 Å². The molecule has 2 N–H and O–H groups in total. The van der Waals surface area contributed by atoms with Gasteiger partial charge in [0.2, 0.25) is 0 Å². The highest BCUT2D eigenvalue weighted by Crippen LogP contribution is 2.23. The van der Waals surface area contributed by atoms with Crippen molar-refractivity contribution in [3.63, 3.8) is 0 Å². The maximum absolute atomic E-state index is 12.6. The van der Waals surface area contributed by atoms with E-state index in [0.717, 1.165) is 0 Å². The number of amides is 2. The van der Waals surface area contributed by atoms with Crippen molar-refractivity contribution in [2.24, 2.45) is 0 Å². The first-order chi connectivity index (χ1) is 12.1. The van der Waals surface area contributed by atoms with Gasteiger partial charge in [0.05, 0.1) is 22.0 Å². The van der Waals surface area contributed by atoms with Crippen molar-refractivity contribution >= 4 is 34.8 Å². The van der Waals surface area contributed by atoms with Gasteiger partial charge in [-0.15, -0.1) is 0 Å². The van der Waals surface area contributed by atoms with Crippen LogP contribution in [0.15, 0.2) is 78.9 Å². The largest absolute Gasteiger partial charge is 0.321 e. The molecular weight excluding hydrogens is 336 g/mol. The van der Waals surface area contributed by atoms with Crippen LogP contribution >= 0.6 is 11.6 Å². The number of para-hydroxylation sites is 2. The van der Waals surface area contributed by atoms with E-state index in [4.69, 9.17) is 11.6 Å². The van der Waals surface area contributed by atoms with Gasteiger partial charge in [0.15, 0.2) is 0 Å². The first-order valence-corrected chi connectivity index (χ1v) is 8.04. The smallest absolute Gasteiger partial charge is 0.257 e. The number of carbonyl (C=O) groups excluding carboxylic acids is 2. The summed E-state index contributed by atoms with van der Waals surface area (Å²) in [6.07, 6.45) is 0. The quantitative estimate of drug-likeness (QED) is 0.707. The molecule has 0 unspecified atom stereocenters. The van der Waals surface area contributed by atoms with Crippen molar-refractivity contribution in [3.05, 3.63) is 95.0 Å². The SMILES string of the molecule is O=C(Nc1ccccc1C(=O)Nc1ccccc1Cl)c1ccccc1.